The van der Waals surface area contributed by atoms with E-state index in [0.717, 1.165) is 49.1 Å². The summed E-state index contributed by atoms with van der Waals surface area (Å²) in [6.07, 6.45) is 3.25. The predicted octanol–water partition coefficient (Wildman–Crippen LogP) is 3.78. The van der Waals surface area contributed by atoms with Crippen LogP contribution in [0, 0.1) is 0 Å². The number of halogens is 1. The molecule has 1 aromatic carbocycles. The van der Waals surface area contributed by atoms with Crippen molar-refractivity contribution in [1.82, 2.24) is 4.98 Å². The van der Waals surface area contributed by atoms with Crippen LogP contribution >= 0.6 is 11.6 Å². The van der Waals surface area contributed by atoms with Crippen molar-refractivity contribution in [3.8, 4) is 0 Å². The Kier molecular flexibility index (Phi) is 3.62. The molecule has 0 amide bonds. The second kappa shape index (κ2) is 5.41. The van der Waals surface area contributed by atoms with E-state index >= 15 is 0 Å². The zero-order chi connectivity index (χ0) is 14.1. The number of nitrogens with zero attached hydrogens (tertiary/aromatic N) is 2. The second-order valence-corrected chi connectivity index (χ2v) is 5.55. The number of aromatic nitrogens is 1. The first-order valence-electron chi connectivity index (χ1n) is 7.07. The van der Waals surface area contributed by atoms with Crippen LogP contribution in [0.2, 0.25) is 0 Å². The van der Waals surface area contributed by atoms with Crippen molar-refractivity contribution in [1.29, 1.82) is 0 Å². The normalized spacial score (nSPS) is 15.0. The highest BCUT2D eigenvalue weighted by Gasteiger charge is 2.21. The molecule has 0 aliphatic carbocycles. The van der Waals surface area contributed by atoms with Crippen LogP contribution in [-0.4, -0.2) is 23.3 Å². The molecule has 0 radical (unpaired) electrons. The number of hydrogen-bond acceptors (Lipinski definition) is 3. The SMILES string of the molecule is CCc1ccc2nc(N3CCCC3)c(C(=O)Cl)cc2c1. The van der Waals surface area contributed by atoms with E-state index in [-0.39, 0.29) is 0 Å². The smallest absolute Gasteiger partial charge is 0.256 e. The summed E-state index contributed by atoms with van der Waals surface area (Å²) < 4.78 is 0. The molecule has 1 saturated heterocycles. The Hall–Kier alpha value is -1.61. The van der Waals surface area contributed by atoms with Crippen LogP contribution in [0.5, 0.6) is 0 Å². The Bertz CT molecular complexity index is 663. The van der Waals surface area contributed by atoms with Gasteiger partial charge in [0, 0.05) is 18.5 Å². The van der Waals surface area contributed by atoms with Crippen LogP contribution in [0.3, 0.4) is 0 Å². The van der Waals surface area contributed by atoms with Crippen LogP contribution in [0.1, 0.15) is 35.7 Å². The molecule has 1 fully saturated rings. The third-order valence-electron chi connectivity index (χ3n) is 3.88. The van der Waals surface area contributed by atoms with Gasteiger partial charge in [-0.25, -0.2) is 4.98 Å². The number of fused-ring (bicyclic) bond motifs is 1. The zero-order valence-electron chi connectivity index (χ0n) is 11.5. The second-order valence-electron chi connectivity index (χ2n) is 5.21. The summed E-state index contributed by atoms with van der Waals surface area (Å²) in [5.41, 5.74) is 2.68. The minimum absolute atomic E-state index is 0.428. The van der Waals surface area contributed by atoms with E-state index < -0.39 is 5.24 Å². The minimum Gasteiger partial charge on any atom is -0.356 e. The fourth-order valence-electron chi connectivity index (χ4n) is 2.75. The molecule has 0 N–H and O–H groups in total. The Balaban J connectivity index is 2.17. The van der Waals surface area contributed by atoms with Gasteiger partial charge in [-0.15, -0.1) is 0 Å². The molecule has 3 rings (SSSR count). The van der Waals surface area contributed by atoms with Gasteiger partial charge in [-0.3, -0.25) is 4.79 Å². The van der Waals surface area contributed by atoms with Crippen molar-refractivity contribution in [3.05, 3.63) is 35.4 Å². The summed E-state index contributed by atoms with van der Waals surface area (Å²) in [6.45, 7) is 4.01. The summed E-state index contributed by atoms with van der Waals surface area (Å²) in [5.74, 6) is 0.735. The maximum absolute atomic E-state index is 11.7. The zero-order valence-corrected chi connectivity index (χ0v) is 12.3. The lowest BCUT2D eigenvalue weighted by Gasteiger charge is -2.19. The standard InChI is InChI=1S/C16H17ClN2O/c1-2-11-5-6-14-12(9-11)10-13(15(17)20)16(18-14)19-7-3-4-8-19/h5-6,9-10H,2-4,7-8H2,1H3. The lowest BCUT2D eigenvalue weighted by molar-refractivity contribution is 0.108. The summed E-state index contributed by atoms with van der Waals surface area (Å²) >= 11 is 5.76. The van der Waals surface area contributed by atoms with E-state index in [1.165, 1.54) is 5.56 Å². The molecular weight excluding hydrogens is 272 g/mol. The molecule has 2 heterocycles. The average molecular weight is 289 g/mol. The Morgan fingerprint density at radius 3 is 2.70 bits per heavy atom. The van der Waals surface area contributed by atoms with Crippen molar-refractivity contribution in [2.45, 2.75) is 26.2 Å². The van der Waals surface area contributed by atoms with Crippen molar-refractivity contribution >= 4 is 33.6 Å². The fourth-order valence-corrected chi connectivity index (χ4v) is 2.89. The monoisotopic (exact) mass is 288 g/mol. The third-order valence-corrected chi connectivity index (χ3v) is 4.09. The number of hydrogen-bond donors (Lipinski definition) is 0. The average Bonchev–Trinajstić information content (AvgIpc) is 2.99. The molecule has 4 heteroatoms. The first-order chi connectivity index (χ1) is 9.69. The molecule has 0 saturated carbocycles. The number of carbonyl (C=O) groups is 1. The topological polar surface area (TPSA) is 33.2 Å². The molecule has 1 aliphatic heterocycles. The van der Waals surface area contributed by atoms with Gasteiger partial charge < -0.3 is 4.90 Å². The van der Waals surface area contributed by atoms with Crippen molar-refractivity contribution in [3.63, 3.8) is 0 Å². The third kappa shape index (κ3) is 2.38. The summed E-state index contributed by atoms with van der Waals surface area (Å²) in [5, 5.41) is 0.555. The number of carbonyl (C=O) groups excluding carboxylic acids is 1. The van der Waals surface area contributed by atoms with Gasteiger partial charge >= 0.3 is 0 Å². The molecule has 0 bridgehead atoms. The van der Waals surface area contributed by atoms with Crippen LogP contribution in [0.4, 0.5) is 5.82 Å². The van der Waals surface area contributed by atoms with Gasteiger partial charge in [-0.2, -0.15) is 0 Å². The molecule has 0 unspecified atom stereocenters. The van der Waals surface area contributed by atoms with E-state index in [1.807, 2.05) is 12.1 Å². The summed E-state index contributed by atoms with van der Waals surface area (Å²) in [6, 6.07) is 8.07. The number of aryl methyl sites for hydroxylation is 1. The largest absolute Gasteiger partial charge is 0.356 e. The molecular formula is C16H17ClN2O. The molecule has 1 aromatic heterocycles. The number of anilines is 1. The molecule has 1 aliphatic rings. The maximum Gasteiger partial charge on any atom is 0.256 e. The van der Waals surface area contributed by atoms with Crippen LogP contribution < -0.4 is 4.90 Å². The quantitative estimate of drug-likeness (QED) is 0.806. The molecule has 20 heavy (non-hydrogen) atoms. The number of benzene rings is 1. The van der Waals surface area contributed by atoms with Crippen LogP contribution in [-0.2, 0) is 6.42 Å². The van der Waals surface area contributed by atoms with Crippen LogP contribution in [0.15, 0.2) is 24.3 Å². The first-order valence-corrected chi connectivity index (χ1v) is 7.45. The van der Waals surface area contributed by atoms with Gasteiger partial charge in [0.1, 0.15) is 5.82 Å². The molecule has 3 nitrogen and oxygen atoms in total. The molecule has 0 atom stereocenters. The highest BCUT2D eigenvalue weighted by atomic mass is 35.5. The Labute approximate surface area is 123 Å². The lowest BCUT2D eigenvalue weighted by Crippen LogP contribution is -2.21. The summed E-state index contributed by atoms with van der Waals surface area (Å²) in [7, 11) is 0. The fraction of sp³-hybridized carbons (Fsp3) is 0.375. The highest BCUT2D eigenvalue weighted by molar-refractivity contribution is 6.68. The number of pyridine rings is 1. The highest BCUT2D eigenvalue weighted by Crippen LogP contribution is 2.28. The first kappa shape index (κ1) is 13.4. The maximum atomic E-state index is 11.7. The number of rotatable bonds is 3. The van der Waals surface area contributed by atoms with Gasteiger partial charge in [0.05, 0.1) is 11.1 Å². The van der Waals surface area contributed by atoms with E-state index in [9.17, 15) is 4.79 Å². The van der Waals surface area contributed by atoms with Gasteiger partial charge in [0.15, 0.2) is 0 Å². The van der Waals surface area contributed by atoms with Gasteiger partial charge in [0.2, 0.25) is 0 Å². The van der Waals surface area contributed by atoms with Crippen molar-refractivity contribution in [2.75, 3.05) is 18.0 Å². The molecule has 0 spiro atoms. The predicted molar refractivity (Wildman–Crippen MR) is 82.8 cm³/mol. The van der Waals surface area contributed by atoms with Crippen molar-refractivity contribution in [2.24, 2.45) is 0 Å². The molecule has 2 aromatic rings. The van der Waals surface area contributed by atoms with E-state index in [1.54, 1.807) is 0 Å². The van der Waals surface area contributed by atoms with Gasteiger partial charge in [0.25, 0.3) is 5.24 Å². The summed E-state index contributed by atoms with van der Waals surface area (Å²) in [4.78, 5) is 18.5. The molecule has 104 valence electrons. The Morgan fingerprint density at radius 2 is 2.05 bits per heavy atom. The van der Waals surface area contributed by atoms with E-state index in [4.69, 9.17) is 11.6 Å². The Morgan fingerprint density at radius 1 is 1.30 bits per heavy atom. The van der Waals surface area contributed by atoms with E-state index in [0.29, 0.717) is 5.56 Å². The van der Waals surface area contributed by atoms with E-state index in [2.05, 4.69) is 28.9 Å². The minimum atomic E-state index is -0.428. The van der Waals surface area contributed by atoms with Crippen LogP contribution in [0.25, 0.3) is 10.9 Å². The van der Waals surface area contributed by atoms with Gasteiger partial charge in [-0.05, 0) is 54.6 Å². The van der Waals surface area contributed by atoms with Crippen molar-refractivity contribution < 1.29 is 4.79 Å². The van der Waals surface area contributed by atoms with Gasteiger partial charge in [-0.1, -0.05) is 13.0 Å². The lowest BCUT2D eigenvalue weighted by atomic mass is 10.1.